The molecule has 8 heteroatoms. The second-order valence-electron chi connectivity index (χ2n) is 6.73. The van der Waals surface area contributed by atoms with Crippen LogP contribution < -0.4 is 10.2 Å². The van der Waals surface area contributed by atoms with E-state index >= 15 is 0 Å². The van der Waals surface area contributed by atoms with Crippen molar-refractivity contribution in [3.63, 3.8) is 0 Å². The number of aryl methyl sites for hydroxylation is 1. The number of nitrogens with zero attached hydrogens (tertiary/aromatic N) is 1. The zero-order valence-electron chi connectivity index (χ0n) is 15.7. The van der Waals surface area contributed by atoms with Crippen molar-refractivity contribution < 1.29 is 24.6 Å². The number of carbonyl (C=O) groups excluding carboxylic acids is 1. The Morgan fingerprint density at radius 2 is 1.79 bits per heavy atom. The molecule has 3 N–H and O–H groups in total. The molecule has 0 aromatic heterocycles. The zero-order valence-corrected chi connectivity index (χ0v) is 16.5. The van der Waals surface area contributed by atoms with E-state index in [1.54, 1.807) is 12.1 Å². The summed E-state index contributed by atoms with van der Waals surface area (Å²) in [5.41, 5.74) is 1.55. The van der Waals surface area contributed by atoms with Crippen LogP contribution in [0.5, 0.6) is 0 Å². The Bertz CT molecular complexity index is 890. The number of carbonyl (C=O) groups is 3. The second kappa shape index (κ2) is 9.58. The zero-order chi connectivity index (χ0) is 20.8. The molecule has 2 aromatic rings. The van der Waals surface area contributed by atoms with Gasteiger partial charge in [0.1, 0.15) is 12.6 Å². The molecule has 1 aliphatic rings. The third kappa shape index (κ3) is 5.36. The Morgan fingerprint density at radius 3 is 2.48 bits per heavy atom. The average molecular weight is 414 g/mol. The van der Waals surface area contributed by atoms with Crippen LogP contribution in [0.25, 0.3) is 0 Å². The van der Waals surface area contributed by atoms with E-state index in [-0.39, 0.29) is 0 Å². The number of aliphatic carboxylic acids is 2. The first-order valence-corrected chi connectivity index (χ1v) is 10.2. The van der Waals surface area contributed by atoms with Crippen LogP contribution in [0, 0.1) is 0 Å². The van der Waals surface area contributed by atoms with E-state index in [1.807, 2.05) is 42.5 Å². The standard InChI is InChI=1S/C21H22N2O5S/c24-19(25)12-23-17-8-4-5-9-18(17)29-13-16(20(23)26)22-15(21(27)28)11-10-14-6-2-1-3-7-14/h1-9,15-16,22H,10-13H2,(H,24,25)(H,27,28). The van der Waals surface area contributed by atoms with Gasteiger partial charge in [0, 0.05) is 10.6 Å². The SMILES string of the molecule is O=C(O)CN1C(=O)C(NC(CCc2ccccc2)C(=O)O)CSc2ccccc21. The number of hydrogen-bond acceptors (Lipinski definition) is 5. The molecule has 1 aliphatic heterocycles. The summed E-state index contributed by atoms with van der Waals surface area (Å²) in [5, 5.41) is 21.8. The minimum absolute atomic E-state index is 0.319. The monoisotopic (exact) mass is 414 g/mol. The van der Waals surface area contributed by atoms with Crippen LogP contribution in [0.1, 0.15) is 12.0 Å². The molecule has 29 heavy (non-hydrogen) atoms. The largest absolute Gasteiger partial charge is 0.480 e. The maximum Gasteiger partial charge on any atom is 0.323 e. The smallest absolute Gasteiger partial charge is 0.323 e. The van der Waals surface area contributed by atoms with Crippen molar-refractivity contribution in [3.8, 4) is 0 Å². The molecule has 7 nitrogen and oxygen atoms in total. The number of nitrogens with one attached hydrogen (secondary N) is 1. The Labute approximate surface area is 172 Å². The van der Waals surface area contributed by atoms with Gasteiger partial charge < -0.3 is 10.2 Å². The van der Waals surface area contributed by atoms with Gasteiger partial charge in [-0.3, -0.25) is 24.6 Å². The summed E-state index contributed by atoms with van der Waals surface area (Å²) in [5.74, 6) is -2.28. The van der Waals surface area contributed by atoms with Gasteiger partial charge in [-0.1, -0.05) is 42.5 Å². The highest BCUT2D eigenvalue weighted by Crippen LogP contribution is 2.34. The molecular formula is C21H22N2O5S. The van der Waals surface area contributed by atoms with Crippen LogP contribution in [-0.2, 0) is 20.8 Å². The first-order valence-electron chi connectivity index (χ1n) is 9.23. The average Bonchev–Trinajstić information content (AvgIpc) is 2.83. The predicted octanol–water partition coefficient (Wildman–Crippen LogP) is 2.25. The molecule has 0 spiro atoms. The fourth-order valence-corrected chi connectivity index (χ4v) is 4.33. The maximum absolute atomic E-state index is 13.1. The number of carboxylic acid groups (broad SMARTS) is 2. The molecule has 152 valence electrons. The number of para-hydroxylation sites is 1. The first-order chi connectivity index (χ1) is 14.0. The van der Waals surface area contributed by atoms with E-state index in [0.717, 1.165) is 10.5 Å². The number of hydrogen-bond donors (Lipinski definition) is 3. The topological polar surface area (TPSA) is 107 Å². The molecule has 3 rings (SSSR count). The summed E-state index contributed by atoms with van der Waals surface area (Å²) in [6.07, 6.45) is 0.873. The number of benzene rings is 2. The summed E-state index contributed by atoms with van der Waals surface area (Å²) in [6.45, 7) is -0.476. The molecule has 0 radical (unpaired) electrons. The Kier molecular flexibility index (Phi) is 6.90. The highest BCUT2D eigenvalue weighted by molar-refractivity contribution is 7.99. The summed E-state index contributed by atoms with van der Waals surface area (Å²) < 4.78 is 0. The van der Waals surface area contributed by atoms with Gasteiger partial charge in [0.05, 0.1) is 11.7 Å². The van der Waals surface area contributed by atoms with E-state index < -0.39 is 36.5 Å². The van der Waals surface area contributed by atoms with Gasteiger partial charge in [0.2, 0.25) is 5.91 Å². The molecule has 2 atom stereocenters. The number of amides is 1. The van der Waals surface area contributed by atoms with Crippen LogP contribution in [0.3, 0.4) is 0 Å². The van der Waals surface area contributed by atoms with Crippen LogP contribution >= 0.6 is 11.8 Å². The summed E-state index contributed by atoms with van der Waals surface area (Å²) in [7, 11) is 0. The van der Waals surface area contributed by atoms with Crippen molar-refractivity contribution in [2.75, 3.05) is 17.2 Å². The van der Waals surface area contributed by atoms with Gasteiger partial charge in [0.25, 0.3) is 0 Å². The van der Waals surface area contributed by atoms with Crippen LogP contribution in [0.4, 0.5) is 5.69 Å². The van der Waals surface area contributed by atoms with E-state index in [1.165, 1.54) is 16.7 Å². The van der Waals surface area contributed by atoms with Crippen molar-refractivity contribution in [2.24, 2.45) is 0 Å². The number of rotatable bonds is 8. The highest BCUT2D eigenvalue weighted by Gasteiger charge is 2.34. The predicted molar refractivity (Wildman–Crippen MR) is 110 cm³/mol. The van der Waals surface area contributed by atoms with Gasteiger partial charge >= 0.3 is 11.9 Å². The molecule has 1 heterocycles. The minimum Gasteiger partial charge on any atom is -0.480 e. The fourth-order valence-electron chi connectivity index (χ4n) is 3.25. The Balaban J connectivity index is 1.77. The van der Waals surface area contributed by atoms with Crippen LogP contribution in [-0.4, -0.2) is 52.4 Å². The summed E-state index contributed by atoms with van der Waals surface area (Å²) >= 11 is 1.41. The molecule has 0 bridgehead atoms. The lowest BCUT2D eigenvalue weighted by molar-refractivity contribution is -0.140. The van der Waals surface area contributed by atoms with E-state index in [2.05, 4.69) is 5.32 Å². The van der Waals surface area contributed by atoms with Gasteiger partial charge in [-0.2, -0.15) is 0 Å². The quantitative estimate of drug-likeness (QED) is 0.608. The van der Waals surface area contributed by atoms with Crippen LogP contribution in [0.2, 0.25) is 0 Å². The van der Waals surface area contributed by atoms with Crippen molar-refractivity contribution in [3.05, 3.63) is 60.2 Å². The molecule has 2 aromatic carbocycles. The third-order valence-corrected chi connectivity index (χ3v) is 5.84. The third-order valence-electron chi connectivity index (χ3n) is 4.68. The van der Waals surface area contributed by atoms with Gasteiger partial charge in [-0.25, -0.2) is 0 Å². The normalized spacial score (nSPS) is 17.3. The number of fused-ring (bicyclic) bond motifs is 1. The molecule has 1 amide bonds. The fraction of sp³-hybridized carbons (Fsp3) is 0.286. The lowest BCUT2D eigenvalue weighted by Gasteiger charge is -2.26. The van der Waals surface area contributed by atoms with E-state index in [4.69, 9.17) is 0 Å². The Morgan fingerprint density at radius 1 is 1.10 bits per heavy atom. The molecule has 0 saturated carbocycles. The molecule has 0 saturated heterocycles. The van der Waals surface area contributed by atoms with Gasteiger partial charge in [-0.05, 0) is 30.5 Å². The van der Waals surface area contributed by atoms with Crippen molar-refractivity contribution in [1.29, 1.82) is 0 Å². The van der Waals surface area contributed by atoms with Crippen molar-refractivity contribution in [2.45, 2.75) is 29.8 Å². The van der Waals surface area contributed by atoms with E-state index in [9.17, 15) is 24.6 Å². The number of carboxylic acids is 2. The summed E-state index contributed by atoms with van der Waals surface area (Å²) in [6, 6.07) is 14.9. The number of thioether (sulfide) groups is 1. The maximum atomic E-state index is 13.1. The molecule has 0 aliphatic carbocycles. The van der Waals surface area contributed by atoms with Crippen molar-refractivity contribution >= 4 is 35.3 Å². The molecule has 0 fully saturated rings. The summed E-state index contributed by atoms with van der Waals surface area (Å²) in [4.78, 5) is 38.2. The van der Waals surface area contributed by atoms with Gasteiger partial charge in [-0.15, -0.1) is 11.8 Å². The first kappa shape index (κ1) is 20.9. The second-order valence-corrected chi connectivity index (χ2v) is 7.79. The Hall–Kier alpha value is -2.84. The molecule has 2 unspecified atom stereocenters. The van der Waals surface area contributed by atoms with Gasteiger partial charge in [0.15, 0.2) is 0 Å². The highest BCUT2D eigenvalue weighted by atomic mass is 32.2. The van der Waals surface area contributed by atoms with Crippen molar-refractivity contribution in [1.82, 2.24) is 5.32 Å². The van der Waals surface area contributed by atoms with Crippen LogP contribution in [0.15, 0.2) is 59.5 Å². The lowest BCUT2D eigenvalue weighted by Crippen LogP contribution is -2.53. The lowest BCUT2D eigenvalue weighted by atomic mass is 10.0. The minimum atomic E-state index is -1.13. The molecular weight excluding hydrogens is 392 g/mol. The van der Waals surface area contributed by atoms with E-state index in [0.29, 0.717) is 24.3 Å². The number of anilines is 1.